The average Bonchev–Trinajstić information content (AvgIpc) is 3.06. The number of piperidine rings is 1. The van der Waals surface area contributed by atoms with E-state index in [1.54, 1.807) is 6.20 Å². The Labute approximate surface area is 161 Å². The normalized spacial score (nSPS) is 18.3. The van der Waals surface area contributed by atoms with Crippen LogP contribution in [0.1, 0.15) is 30.9 Å². The molecule has 0 bridgehead atoms. The molecule has 1 fully saturated rings. The number of guanidine groups is 1. The monoisotopic (exact) mass is 439 g/mol. The second kappa shape index (κ2) is 9.05. The molecule has 6 heteroatoms. The summed E-state index contributed by atoms with van der Waals surface area (Å²) in [6, 6.07) is 8.50. The molecule has 2 aromatic rings. The largest absolute Gasteiger partial charge is 0.370 e. The number of hydrogen-bond donors (Lipinski definition) is 1. The number of nitrogens with two attached hydrogens (primary N) is 1. The molecule has 0 radical (unpaired) electrons. The van der Waals surface area contributed by atoms with E-state index in [1.165, 1.54) is 24.0 Å². The third-order valence-electron chi connectivity index (χ3n) is 4.32. The molecule has 1 atom stereocenters. The summed E-state index contributed by atoms with van der Waals surface area (Å²) < 4.78 is 2.06. The molecule has 1 unspecified atom stereocenters. The van der Waals surface area contributed by atoms with Gasteiger partial charge in [-0.15, -0.1) is 24.0 Å². The number of nitrogens with zero attached hydrogens (tertiary/aromatic N) is 4. The van der Waals surface area contributed by atoms with E-state index >= 15 is 0 Å². The molecule has 3 rings (SSSR count). The van der Waals surface area contributed by atoms with Crippen LogP contribution < -0.4 is 5.73 Å². The highest BCUT2D eigenvalue weighted by atomic mass is 127. The van der Waals surface area contributed by atoms with Crippen molar-refractivity contribution in [3.05, 3.63) is 54.1 Å². The van der Waals surface area contributed by atoms with E-state index in [-0.39, 0.29) is 24.0 Å². The van der Waals surface area contributed by atoms with Gasteiger partial charge in [0.05, 0.1) is 12.9 Å². The van der Waals surface area contributed by atoms with Crippen LogP contribution >= 0.6 is 24.0 Å². The number of imidazole rings is 1. The topological polar surface area (TPSA) is 59.4 Å². The highest BCUT2D eigenvalue weighted by Gasteiger charge is 2.17. The van der Waals surface area contributed by atoms with Crippen LogP contribution in [-0.2, 0) is 13.1 Å². The summed E-state index contributed by atoms with van der Waals surface area (Å²) in [6.45, 7) is 5.79. The van der Waals surface area contributed by atoms with Crippen molar-refractivity contribution in [2.75, 3.05) is 13.1 Å². The van der Waals surface area contributed by atoms with Crippen LogP contribution in [0, 0.1) is 5.92 Å². The maximum atomic E-state index is 6.17. The van der Waals surface area contributed by atoms with Gasteiger partial charge in [-0.1, -0.05) is 31.2 Å². The molecule has 1 aromatic carbocycles. The molecule has 0 aliphatic carbocycles. The van der Waals surface area contributed by atoms with E-state index in [1.807, 2.05) is 12.5 Å². The Hall–Kier alpha value is -1.57. The van der Waals surface area contributed by atoms with Crippen molar-refractivity contribution in [3.63, 3.8) is 0 Å². The van der Waals surface area contributed by atoms with Crippen molar-refractivity contribution in [3.8, 4) is 0 Å². The minimum absolute atomic E-state index is 0. The molecule has 1 aliphatic rings. The van der Waals surface area contributed by atoms with Crippen LogP contribution in [0.25, 0.3) is 0 Å². The first-order valence-corrected chi connectivity index (χ1v) is 8.29. The van der Waals surface area contributed by atoms with Gasteiger partial charge >= 0.3 is 0 Å². The fourth-order valence-corrected chi connectivity index (χ4v) is 3.09. The van der Waals surface area contributed by atoms with Gasteiger partial charge in [0.2, 0.25) is 0 Å². The molecule has 130 valence electrons. The van der Waals surface area contributed by atoms with Gasteiger partial charge in [-0.25, -0.2) is 9.98 Å². The number of hydrogen-bond acceptors (Lipinski definition) is 2. The highest BCUT2D eigenvalue weighted by Crippen LogP contribution is 2.15. The standard InChI is InChI=1S/C18H25N5.HI/c1-15-4-3-8-23(12-15)18(19)21-11-16-5-2-6-17(10-16)13-22-9-7-20-14-22;/h2,5-7,9-10,14-15H,3-4,8,11-13H2,1H3,(H2,19,21);1H. The molecule has 24 heavy (non-hydrogen) atoms. The molecule has 1 aliphatic heterocycles. The van der Waals surface area contributed by atoms with Gasteiger partial charge < -0.3 is 15.2 Å². The summed E-state index contributed by atoms with van der Waals surface area (Å²) >= 11 is 0. The number of likely N-dealkylation sites (tertiary alicyclic amines) is 1. The summed E-state index contributed by atoms with van der Waals surface area (Å²) in [5, 5.41) is 0. The second-order valence-electron chi connectivity index (χ2n) is 6.42. The van der Waals surface area contributed by atoms with Gasteiger partial charge in [-0.2, -0.15) is 0 Å². The molecule has 5 nitrogen and oxygen atoms in total. The predicted octanol–water partition coefficient (Wildman–Crippen LogP) is 3.10. The van der Waals surface area contributed by atoms with E-state index in [9.17, 15) is 0 Å². The lowest BCUT2D eigenvalue weighted by Gasteiger charge is -2.31. The second-order valence-corrected chi connectivity index (χ2v) is 6.42. The first-order chi connectivity index (χ1) is 11.2. The van der Waals surface area contributed by atoms with Crippen molar-refractivity contribution in [1.82, 2.24) is 14.5 Å². The SMILES string of the molecule is CC1CCCN(C(N)=NCc2cccc(Cn3ccnc3)c2)C1.I. The third-order valence-corrected chi connectivity index (χ3v) is 4.32. The highest BCUT2D eigenvalue weighted by molar-refractivity contribution is 14.0. The van der Waals surface area contributed by atoms with E-state index < -0.39 is 0 Å². The van der Waals surface area contributed by atoms with Gasteiger partial charge in [0.25, 0.3) is 0 Å². The van der Waals surface area contributed by atoms with Crippen LogP contribution in [0.4, 0.5) is 0 Å². The Kier molecular flexibility index (Phi) is 7.08. The van der Waals surface area contributed by atoms with Gasteiger partial charge in [0, 0.05) is 32.0 Å². The van der Waals surface area contributed by atoms with E-state index in [0.29, 0.717) is 18.4 Å². The van der Waals surface area contributed by atoms with E-state index in [0.717, 1.165) is 19.6 Å². The smallest absolute Gasteiger partial charge is 0.191 e. The molecule has 0 saturated carbocycles. The van der Waals surface area contributed by atoms with Gasteiger partial charge in [-0.05, 0) is 29.9 Å². The summed E-state index contributed by atoms with van der Waals surface area (Å²) in [4.78, 5) is 10.9. The average molecular weight is 439 g/mol. The number of aromatic nitrogens is 2. The molecule has 1 saturated heterocycles. The summed E-state index contributed by atoms with van der Waals surface area (Å²) in [5.74, 6) is 1.38. The Morgan fingerprint density at radius 2 is 2.21 bits per heavy atom. The molecule has 0 spiro atoms. The molecule has 2 heterocycles. The summed E-state index contributed by atoms with van der Waals surface area (Å²) in [5.41, 5.74) is 8.61. The quantitative estimate of drug-likeness (QED) is 0.453. The Morgan fingerprint density at radius 3 is 2.96 bits per heavy atom. The van der Waals surface area contributed by atoms with Crippen molar-refractivity contribution in [2.24, 2.45) is 16.6 Å². The first kappa shape index (κ1) is 18.8. The minimum atomic E-state index is 0. The minimum Gasteiger partial charge on any atom is -0.370 e. The predicted molar refractivity (Wildman–Crippen MR) is 108 cm³/mol. The van der Waals surface area contributed by atoms with Crippen molar-refractivity contribution in [2.45, 2.75) is 32.9 Å². The Balaban J connectivity index is 0.00000208. The Morgan fingerprint density at radius 1 is 1.38 bits per heavy atom. The number of benzene rings is 1. The molecular weight excluding hydrogens is 413 g/mol. The van der Waals surface area contributed by atoms with Crippen molar-refractivity contribution >= 4 is 29.9 Å². The molecule has 2 N–H and O–H groups in total. The lowest BCUT2D eigenvalue weighted by Crippen LogP contribution is -2.43. The fraction of sp³-hybridized carbons (Fsp3) is 0.444. The van der Waals surface area contributed by atoms with Gasteiger partial charge in [0.1, 0.15) is 0 Å². The fourth-order valence-electron chi connectivity index (χ4n) is 3.09. The lowest BCUT2D eigenvalue weighted by atomic mass is 10.0. The maximum Gasteiger partial charge on any atom is 0.191 e. The Bertz CT molecular complexity index is 653. The number of rotatable bonds is 4. The van der Waals surface area contributed by atoms with E-state index in [2.05, 4.69) is 50.6 Å². The van der Waals surface area contributed by atoms with Crippen molar-refractivity contribution in [1.29, 1.82) is 0 Å². The van der Waals surface area contributed by atoms with Crippen LogP contribution in [0.3, 0.4) is 0 Å². The first-order valence-electron chi connectivity index (χ1n) is 8.29. The molecular formula is C18H26IN5. The van der Waals surface area contributed by atoms with Crippen LogP contribution in [-0.4, -0.2) is 33.5 Å². The van der Waals surface area contributed by atoms with Crippen LogP contribution in [0.15, 0.2) is 48.0 Å². The third kappa shape index (κ3) is 5.22. The zero-order valence-corrected chi connectivity index (χ0v) is 16.5. The number of halogens is 1. The zero-order chi connectivity index (χ0) is 16.1. The van der Waals surface area contributed by atoms with Crippen LogP contribution in [0.5, 0.6) is 0 Å². The van der Waals surface area contributed by atoms with Gasteiger partial charge in [-0.3, -0.25) is 0 Å². The van der Waals surface area contributed by atoms with Crippen molar-refractivity contribution < 1.29 is 0 Å². The molecule has 1 aromatic heterocycles. The number of aliphatic imine (C=N–C) groups is 1. The zero-order valence-electron chi connectivity index (χ0n) is 14.1. The van der Waals surface area contributed by atoms with Gasteiger partial charge in [0.15, 0.2) is 5.96 Å². The maximum absolute atomic E-state index is 6.17. The summed E-state index contributed by atoms with van der Waals surface area (Å²) in [6.07, 6.45) is 8.10. The molecule has 0 amide bonds. The lowest BCUT2D eigenvalue weighted by molar-refractivity contribution is 0.270. The summed E-state index contributed by atoms with van der Waals surface area (Å²) in [7, 11) is 0. The van der Waals surface area contributed by atoms with E-state index in [4.69, 9.17) is 5.73 Å². The van der Waals surface area contributed by atoms with Crippen LogP contribution in [0.2, 0.25) is 0 Å².